The highest BCUT2D eigenvalue weighted by atomic mass is 16.5. The normalized spacial score (nSPS) is 17.0. The quantitative estimate of drug-likeness (QED) is 0.749. The SMILES string of the molecule is COc1ccccc1N1CC(NC(=O)c2cn(CCN)nn2)CC1=O. The Hall–Kier alpha value is -2.94. The predicted molar refractivity (Wildman–Crippen MR) is 90.3 cm³/mol. The zero-order valence-electron chi connectivity index (χ0n) is 13.9. The van der Waals surface area contributed by atoms with Gasteiger partial charge < -0.3 is 20.7 Å². The van der Waals surface area contributed by atoms with E-state index in [0.717, 1.165) is 0 Å². The zero-order valence-corrected chi connectivity index (χ0v) is 13.9. The average molecular weight is 344 g/mol. The minimum atomic E-state index is -0.358. The second-order valence-electron chi connectivity index (χ2n) is 5.71. The third-order valence-corrected chi connectivity index (χ3v) is 3.97. The lowest BCUT2D eigenvalue weighted by Gasteiger charge is -2.19. The third kappa shape index (κ3) is 3.61. The Morgan fingerprint density at radius 2 is 2.24 bits per heavy atom. The molecule has 2 aromatic rings. The van der Waals surface area contributed by atoms with E-state index in [0.29, 0.717) is 31.1 Å². The van der Waals surface area contributed by atoms with Crippen molar-refractivity contribution < 1.29 is 14.3 Å². The smallest absolute Gasteiger partial charge is 0.273 e. The Kier molecular flexibility index (Phi) is 4.94. The maximum Gasteiger partial charge on any atom is 0.273 e. The number of nitrogens with zero attached hydrogens (tertiary/aromatic N) is 4. The molecule has 0 radical (unpaired) electrons. The predicted octanol–water partition coefficient (Wildman–Crippen LogP) is -0.219. The Morgan fingerprint density at radius 3 is 3.00 bits per heavy atom. The van der Waals surface area contributed by atoms with Crippen molar-refractivity contribution in [1.29, 1.82) is 0 Å². The van der Waals surface area contributed by atoms with E-state index in [1.54, 1.807) is 18.1 Å². The van der Waals surface area contributed by atoms with Gasteiger partial charge in [-0.3, -0.25) is 14.3 Å². The monoisotopic (exact) mass is 344 g/mol. The van der Waals surface area contributed by atoms with E-state index in [4.69, 9.17) is 10.5 Å². The second-order valence-corrected chi connectivity index (χ2v) is 5.71. The Bertz CT molecular complexity index is 775. The van der Waals surface area contributed by atoms with Crippen molar-refractivity contribution in [3.8, 4) is 5.75 Å². The summed E-state index contributed by atoms with van der Waals surface area (Å²) in [6.45, 7) is 1.28. The Balaban J connectivity index is 1.67. The molecule has 3 N–H and O–H groups in total. The maximum atomic E-state index is 12.3. The number of hydrogen-bond acceptors (Lipinski definition) is 6. The molecule has 3 rings (SSSR count). The molecule has 1 saturated heterocycles. The van der Waals surface area contributed by atoms with Crippen molar-refractivity contribution in [1.82, 2.24) is 20.3 Å². The van der Waals surface area contributed by atoms with Gasteiger partial charge in [-0.25, -0.2) is 0 Å². The van der Waals surface area contributed by atoms with Crippen LogP contribution in [0.3, 0.4) is 0 Å². The lowest BCUT2D eigenvalue weighted by molar-refractivity contribution is -0.117. The number of carbonyl (C=O) groups is 2. The van der Waals surface area contributed by atoms with Gasteiger partial charge in [0, 0.05) is 19.5 Å². The number of carbonyl (C=O) groups excluding carboxylic acids is 2. The molecular formula is C16H20N6O3. The van der Waals surface area contributed by atoms with Gasteiger partial charge in [-0.15, -0.1) is 5.10 Å². The lowest BCUT2D eigenvalue weighted by Crippen LogP contribution is -2.37. The van der Waals surface area contributed by atoms with Gasteiger partial charge >= 0.3 is 0 Å². The summed E-state index contributed by atoms with van der Waals surface area (Å²) in [6, 6.07) is 6.99. The summed E-state index contributed by atoms with van der Waals surface area (Å²) in [5.74, 6) is 0.192. The van der Waals surface area contributed by atoms with E-state index in [1.807, 2.05) is 18.2 Å². The summed E-state index contributed by atoms with van der Waals surface area (Å²) >= 11 is 0. The first-order chi connectivity index (χ1) is 12.1. The van der Waals surface area contributed by atoms with Crippen molar-refractivity contribution >= 4 is 17.5 Å². The average Bonchev–Trinajstić information content (AvgIpc) is 3.22. The van der Waals surface area contributed by atoms with Gasteiger partial charge in [-0.2, -0.15) is 0 Å². The molecule has 0 bridgehead atoms. The Morgan fingerprint density at radius 1 is 1.44 bits per heavy atom. The highest BCUT2D eigenvalue weighted by Crippen LogP contribution is 2.30. The number of nitrogens with one attached hydrogen (secondary N) is 1. The van der Waals surface area contributed by atoms with Gasteiger partial charge in [-0.05, 0) is 12.1 Å². The fraction of sp³-hybridized carbons (Fsp3) is 0.375. The van der Waals surface area contributed by atoms with Crippen molar-refractivity contribution in [2.45, 2.75) is 19.0 Å². The second kappa shape index (κ2) is 7.31. The van der Waals surface area contributed by atoms with Crippen molar-refractivity contribution in [2.24, 2.45) is 5.73 Å². The molecule has 1 aliphatic rings. The van der Waals surface area contributed by atoms with Crippen LogP contribution < -0.4 is 20.7 Å². The molecule has 0 aliphatic carbocycles. The molecule has 1 aromatic carbocycles. The fourth-order valence-corrected chi connectivity index (χ4v) is 2.79. The summed E-state index contributed by atoms with van der Waals surface area (Å²) in [7, 11) is 1.56. The van der Waals surface area contributed by atoms with E-state index in [9.17, 15) is 9.59 Å². The van der Waals surface area contributed by atoms with Crippen LogP contribution in [-0.2, 0) is 11.3 Å². The number of ether oxygens (including phenoxy) is 1. The molecule has 9 heteroatoms. The zero-order chi connectivity index (χ0) is 17.8. The fourth-order valence-electron chi connectivity index (χ4n) is 2.79. The van der Waals surface area contributed by atoms with E-state index in [1.165, 1.54) is 10.9 Å². The lowest BCUT2D eigenvalue weighted by atomic mass is 10.2. The third-order valence-electron chi connectivity index (χ3n) is 3.97. The van der Waals surface area contributed by atoms with Gasteiger partial charge in [0.1, 0.15) is 5.75 Å². The number of methoxy groups -OCH3 is 1. The van der Waals surface area contributed by atoms with Crippen LogP contribution in [0.25, 0.3) is 0 Å². The first kappa shape index (κ1) is 16.9. The Labute approximate surface area is 144 Å². The van der Waals surface area contributed by atoms with E-state index in [2.05, 4.69) is 15.6 Å². The minimum absolute atomic E-state index is 0.0680. The van der Waals surface area contributed by atoms with Crippen LogP contribution in [0.1, 0.15) is 16.9 Å². The topological polar surface area (TPSA) is 115 Å². The molecule has 1 atom stereocenters. The summed E-state index contributed by atoms with van der Waals surface area (Å²) in [5.41, 5.74) is 6.35. The van der Waals surface area contributed by atoms with E-state index >= 15 is 0 Å². The summed E-state index contributed by atoms with van der Waals surface area (Å²) < 4.78 is 6.81. The number of hydrogen-bond donors (Lipinski definition) is 2. The molecule has 1 unspecified atom stereocenters. The van der Waals surface area contributed by atoms with Crippen LogP contribution in [0.2, 0.25) is 0 Å². The van der Waals surface area contributed by atoms with Gasteiger partial charge in [0.2, 0.25) is 5.91 Å². The van der Waals surface area contributed by atoms with Crippen molar-refractivity contribution in [3.63, 3.8) is 0 Å². The van der Waals surface area contributed by atoms with Crippen LogP contribution in [0.15, 0.2) is 30.5 Å². The number of rotatable bonds is 6. The maximum absolute atomic E-state index is 12.3. The van der Waals surface area contributed by atoms with Crippen molar-refractivity contribution in [3.05, 3.63) is 36.2 Å². The molecule has 1 aromatic heterocycles. The van der Waals surface area contributed by atoms with Crippen LogP contribution >= 0.6 is 0 Å². The van der Waals surface area contributed by atoms with E-state index in [-0.39, 0.29) is 30.0 Å². The molecule has 132 valence electrons. The largest absolute Gasteiger partial charge is 0.495 e. The highest BCUT2D eigenvalue weighted by molar-refractivity contribution is 5.99. The molecule has 0 saturated carbocycles. The first-order valence-electron chi connectivity index (χ1n) is 7.97. The number of benzene rings is 1. The van der Waals surface area contributed by atoms with Gasteiger partial charge in [0.15, 0.2) is 5.69 Å². The number of anilines is 1. The van der Waals surface area contributed by atoms with Gasteiger partial charge in [-0.1, -0.05) is 17.3 Å². The van der Waals surface area contributed by atoms with Crippen LogP contribution in [0.5, 0.6) is 5.75 Å². The summed E-state index contributed by atoms with van der Waals surface area (Å²) in [6.07, 6.45) is 1.76. The van der Waals surface area contributed by atoms with Gasteiger partial charge in [0.05, 0.1) is 31.6 Å². The number of para-hydroxylation sites is 2. The first-order valence-corrected chi connectivity index (χ1v) is 7.97. The summed E-state index contributed by atoms with van der Waals surface area (Å²) in [5, 5.41) is 10.5. The van der Waals surface area contributed by atoms with Crippen molar-refractivity contribution in [2.75, 3.05) is 25.1 Å². The van der Waals surface area contributed by atoms with Crippen LogP contribution in [-0.4, -0.2) is 53.0 Å². The molecule has 2 amide bonds. The molecule has 25 heavy (non-hydrogen) atoms. The molecule has 1 aliphatic heterocycles. The number of amides is 2. The highest BCUT2D eigenvalue weighted by Gasteiger charge is 2.33. The molecule has 9 nitrogen and oxygen atoms in total. The number of aromatic nitrogens is 3. The van der Waals surface area contributed by atoms with Crippen LogP contribution in [0.4, 0.5) is 5.69 Å². The van der Waals surface area contributed by atoms with E-state index < -0.39 is 0 Å². The standard InChI is InChI=1S/C16H20N6O3/c1-25-14-5-3-2-4-13(14)22-9-11(8-15(22)23)18-16(24)12-10-21(7-6-17)20-19-12/h2-5,10-11H,6-9,17H2,1H3,(H,18,24). The number of nitrogens with two attached hydrogens (primary N) is 1. The molecule has 2 heterocycles. The minimum Gasteiger partial charge on any atom is -0.495 e. The molecule has 0 spiro atoms. The van der Waals surface area contributed by atoms with Gasteiger partial charge in [0.25, 0.3) is 5.91 Å². The molecule has 1 fully saturated rings. The summed E-state index contributed by atoms with van der Waals surface area (Å²) in [4.78, 5) is 26.2. The molecular weight excluding hydrogens is 324 g/mol. The van der Waals surface area contributed by atoms with Crippen LogP contribution in [0, 0.1) is 0 Å².